The maximum atomic E-state index is 9.79. The van der Waals surface area contributed by atoms with E-state index in [2.05, 4.69) is 6.58 Å². The number of ether oxygens (including phenoxy) is 1. The van der Waals surface area contributed by atoms with Crippen molar-refractivity contribution in [1.82, 2.24) is 0 Å². The third kappa shape index (κ3) is 2.89. The van der Waals surface area contributed by atoms with Gasteiger partial charge in [-0.2, -0.15) is 0 Å². The van der Waals surface area contributed by atoms with Gasteiger partial charge in [0.05, 0.1) is 13.2 Å². The van der Waals surface area contributed by atoms with Crippen molar-refractivity contribution in [2.75, 3.05) is 7.11 Å². The van der Waals surface area contributed by atoms with Crippen LogP contribution in [0.1, 0.15) is 25.0 Å². The van der Waals surface area contributed by atoms with Crippen molar-refractivity contribution in [3.05, 3.63) is 42.0 Å². The molecule has 1 N–H and O–H groups in total. The fourth-order valence-electron chi connectivity index (χ4n) is 1.30. The molecule has 0 spiro atoms. The van der Waals surface area contributed by atoms with Crippen LogP contribution in [0.5, 0.6) is 5.75 Å². The monoisotopic (exact) mass is 192 g/mol. The molecule has 1 rings (SSSR count). The molecular formula is C12H16O2. The van der Waals surface area contributed by atoms with Crippen molar-refractivity contribution in [2.24, 2.45) is 0 Å². The van der Waals surface area contributed by atoms with E-state index in [0.717, 1.165) is 16.9 Å². The average molecular weight is 192 g/mol. The molecule has 0 aromatic heterocycles. The molecular weight excluding hydrogens is 176 g/mol. The minimum Gasteiger partial charge on any atom is -0.497 e. The number of rotatable bonds is 4. The van der Waals surface area contributed by atoms with E-state index in [4.69, 9.17) is 4.74 Å². The van der Waals surface area contributed by atoms with Gasteiger partial charge in [0.15, 0.2) is 0 Å². The lowest BCUT2D eigenvalue weighted by molar-refractivity contribution is 0.178. The Morgan fingerprint density at radius 1 is 1.57 bits per heavy atom. The molecule has 0 fully saturated rings. The lowest BCUT2D eigenvalue weighted by Crippen LogP contribution is -1.98. The highest BCUT2D eigenvalue weighted by Crippen LogP contribution is 2.23. The van der Waals surface area contributed by atoms with Gasteiger partial charge in [-0.15, -0.1) is 6.58 Å². The van der Waals surface area contributed by atoms with Crippen LogP contribution in [-0.2, 0) is 0 Å². The molecule has 2 nitrogen and oxygen atoms in total. The van der Waals surface area contributed by atoms with Gasteiger partial charge in [-0.1, -0.05) is 17.7 Å². The van der Waals surface area contributed by atoms with Crippen LogP contribution in [0.15, 0.2) is 36.4 Å². The molecule has 0 aliphatic rings. The van der Waals surface area contributed by atoms with Crippen molar-refractivity contribution < 1.29 is 9.84 Å². The highest BCUT2D eigenvalue weighted by atomic mass is 16.5. The molecule has 0 saturated heterocycles. The molecule has 1 atom stereocenters. The Kier molecular flexibility index (Phi) is 3.72. The van der Waals surface area contributed by atoms with Crippen molar-refractivity contribution in [2.45, 2.75) is 19.4 Å². The molecule has 0 aliphatic carbocycles. The summed E-state index contributed by atoms with van der Waals surface area (Å²) in [6.07, 6.45) is 0.107. The van der Waals surface area contributed by atoms with Gasteiger partial charge in [-0.25, -0.2) is 0 Å². The molecule has 0 unspecified atom stereocenters. The molecule has 0 bridgehead atoms. The Morgan fingerprint density at radius 3 is 2.86 bits per heavy atom. The smallest absolute Gasteiger partial charge is 0.119 e. The summed E-state index contributed by atoms with van der Waals surface area (Å²) in [5, 5.41) is 9.79. The lowest BCUT2D eigenvalue weighted by Gasteiger charge is -2.11. The first-order chi connectivity index (χ1) is 6.63. The van der Waals surface area contributed by atoms with Crippen LogP contribution in [0.25, 0.3) is 0 Å². The Hall–Kier alpha value is -1.28. The topological polar surface area (TPSA) is 29.5 Å². The Labute approximate surface area is 84.8 Å². The maximum absolute atomic E-state index is 9.79. The van der Waals surface area contributed by atoms with E-state index in [1.807, 2.05) is 31.2 Å². The molecule has 0 radical (unpaired) electrons. The predicted octanol–water partition coefficient (Wildman–Crippen LogP) is 2.69. The summed E-state index contributed by atoms with van der Waals surface area (Å²) in [7, 11) is 1.62. The highest BCUT2D eigenvalue weighted by Gasteiger charge is 2.07. The summed E-state index contributed by atoms with van der Waals surface area (Å²) in [4.78, 5) is 0. The molecule has 0 heterocycles. The summed E-state index contributed by atoms with van der Waals surface area (Å²) in [5.74, 6) is 0.767. The molecule has 1 aromatic carbocycles. The van der Waals surface area contributed by atoms with Gasteiger partial charge >= 0.3 is 0 Å². The van der Waals surface area contributed by atoms with Crippen molar-refractivity contribution in [3.8, 4) is 5.75 Å². The van der Waals surface area contributed by atoms with Crippen molar-refractivity contribution in [1.29, 1.82) is 0 Å². The van der Waals surface area contributed by atoms with Crippen molar-refractivity contribution >= 4 is 0 Å². The zero-order chi connectivity index (χ0) is 10.6. The number of hydrogen-bond acceptors (Lipinski definition) is 2. The van der Waals surface area contributed by atoms with E-state index in [1.54, 1.807) is 7.11 Å². The second-order valence-electron chi connectivity index (χ2n) is 3.45. The molecule has 14 heavy (non-hydrogen) atoms. The highest BCUT2D eigenvalue weighted by molar-refractivity contribution is 5.30. The van der Waals surface area contributed by atoms with E-state index < -0.39 is 6.10 Å². The molecule has 0 aliphatic heterocycles. The molecule has 0 saturated carbocycles. The normalized spacial score (nSPS) is 12.2. The molecule has 1 aromatic rings. The van der Waals surface area contributed by atoms with Crippen LogP contribution in [0.3, 0.4) is 0 Å². The van der Waals surface area contributed by atoms with E-state index >= 15 is 0 Å². The standard InChI is InChI=1S/C12H16O2/c1-9(2)7-12(13)10-5-4-6-11(8-10)14-3/h4-6,8,12-13H,1,7H2,2-3H3/t12-/m1/s1. The summed E-state index contributed by atoms with van der Waals surface area (Å²) in [5.41, 5.74) is 1.84. The quantitative estimate of drug-likeness (QED) is 0.743. The van der Waals surface area contributed by atoms with Gasteiger partial charge in [0.25, 0.3) is 0 Å². The molecule has 0 amide bonds. The van der Waals surface area contributed by atoms with Crippen LogP contribution in [0.4, 0.5) is 0 Å². The second-order valence-corrected chi connectivity index (χ2v) is 3.45. The van der Waals surface area contributed by atoms with Crippen molar-refractivity contribution in [3.63, 3.8) is 0 Å². The Bertz CT molecular complexity index is 318. The van der Waals surface area contributed by atoms with E-state index in [0.29, 0.717) is 6.42 Å². The molecule has 76 valence electrons. The summed E-state index contributed by atoms with van der Waals surface area (Å²) in [6.45, 7) is 5.68. The first-order valence-electron chi connectivity index (χ1n) is 4.60. The number of methoxy groups -OCH3 is 1. The fraction of sp³-hybridized carbons (Fsp3) is 0.333. The van der Waals surface area contributed by atoms with Crippen LogP contribution < -0.4 is 4.74 Å². The lowest BCUT2D eigenvalue weighted by atomic mass is 10.0. The largest absolute Gasteiger partial charge is 0.497 e. The van der Waals surface area contributed by atoms with Crippen LogP contribution in [0.2, 0.25) is 0 Å². The summed E-state index contributed by atoms with van der Waals surface area (Å²) in [6, 6.07) is 7.45. The summed E-state index contributed by atoms with van der Waals surface area (Å²) >= 11 is 0. The first-order valence-corrected chi connectivity index (χ1v) is 4.60. The van der Waals surface area contributed by atoms with Crippen LogP contribution >= 0.6 is 0 Å². The SMILES string of the molecule is C=C(C)C[C@@H](O)c1cccc(OC)c1. The minimum atomic E-state index is -0.484. The Morgan fingerprint density at radius 2 is 2.29 bits per heavy atom. The van der Waals surface area contributed by atoms with Gasteiger partial charge in [-0.05, 0) is 31.0 Å². The second kappa shape index (κ2) is 4.82. The van der Waals surface area contributed by atoms with E-state index in [-0.39, 0.29) is 0 Å². The van der Waals surface area contributed by atoms with Crippen LogP contribution in [0, 0.1) is 0 Å². The number of aliphatic hydroxyl groups is 1. The van der Waals surface area contributed by atoms with Gasteiger partial charge in [0.2, 0.25) is 0 Å². The maximum Gasteiger partial charge on any atom is 0.119 e. The molecule has 2 heteroatoms. The zero-order valence-electron chi connectivity index (χ0n) is 8.66. The number of aliphatic hydroxyl groups excluding tert-OH is 1. The predicted molar refractivity (Wildman–Crippen MR) is 57.4 cm³/mol. The number of hydrogen-bond donors (Lipinski definition) is 1. The van der Waals surface area contributed by atoms with E-state index in [1.165, 1.54) is 0 Å². The van der Waals surface area contributed by atoms with Gasteiger partial charge < -0.3 is 9.84 Å². The van der Waals surface area contributed by atoms with Gasteiger partial charge in [0, 0.05) is 0 Å². The fourth-order valence-corrected chi connectivity index (χ4v) is 1.30. The zero-order valence-corrected chi connectivity index (χ0v) is 8.66. The van der Waals surface area contributed by atoms with Crippen LogP contribution in [-0.4, -0.2) is 12.2 Å². The average Bonchev–Trinajstić information content (AvgIpc) is 2.17. The van der Waals surface area contributed by atoms with Gasteiger partial charge in [0.1, 0.15) is 5.75 Å². The summed E-state index contributed by atoms with van der Waals surface area (Å²) < 4.78 is 5.08. The number of benzene rings is 1. The third-order valence-electron chi connectivity index (χ3n) is 2.02. The van der Waals surface area contributed by atoms with E-state index in [9.17, 15) is 5.11 Å². The van der Waals surface area contributed by atoms with Gasteiger partial charge in [-0.3, -0.25) is 0 Å². The minimum absolute atomic E-state index is 0.484. The Balaban J connectivity index is 2.78. The third-order valence-corrected chi connectivity index (χ3v) is 2.02. The first kappa shape index (κ1) is 10.8.